The van der Waals surface area contributed by atoms with Gasteiger partial charge in [0.05, 0.1) is 13.1 Å². The lowest BCUT2D eigenvalue weighted by Gasteiger charge is -2.29. The number of carbonyl (C=O) groups excluding carboxylic acids is 1. The van der Waals surface area contributed by atoms with Crippen molar-refractivity contribution in [3.8, 4) is 0 Å². The van der Waals surface area contributed by atoms with Crippen LogP contribution < -0.4 is 10.6 Å². The molecular formula is C18H22N4OS. The lowest BCUT2D eigenvalue weighted by Crippen LogP contribution is -2.45. The molecule has 0 fully saturated rings. The average Bonchev–Trinajstić information content (AvgIpc) is 3.14. The zero-order valence-corrected chi connectivity index (χ0v) is 14.6. The Labute approximate surface area is 146 Å². The van der Waals surface area contributed by atoms with Crippen molar-refractivity contribution in [1.82, 2.24) is 15.5 Å². The number of aliphatic imine (C=N–C) groups is 1. The second-order valence-corrected chi connectivity index (χ2v) is 6.72. The smallest absolute Gasteiger partial charge is 0.242 e. The predicted octanol–water partition coefficient (Wildman–Crippen LogP) is 2.00. The first-order chi connectivity index (χ1) is 11.8. The fourth-order valence-electron chi connectivity index (χ4n) is 2.78. The van der Waals surface area contributed by atoms with Gasteiger partial charge in [-0.2, -0.15) is 0 Å². The maximum absolute atomic E-state index is 12.4. The third-order valence-electron chi connectivity index (χ3n) is 4.12. The van der Waals surface area contributed by atoms with E-state index in [1.165, 1.54) is 16.0 Å². The molecule has 2 heterocycles. The van der Waals surface area contributed by atoms with Crippen LogP contribution in [0.4, 0.5) is 0 Å². The molecule has 6 heteroatoms. The molecule has 2 aromatic rings. The lowest BCUT2D eigenvalue weighted by molar-refractivity contribution is -0.130. The number of rotatable bonds is 4. The summed E-state index contributed by atoms with van der Waals surface area (Å²) in [5, 5.41) is 8.38. The van der Waals surface area contributed by atoms with Gasteiger partial charge in [0.15, 0.2) is 5.96 Å². The molecular weight excluding hydrogens is 320 g/mol. The fourth-order valence-corrected chi connectivity index (χ4v) is 3.43. The highest BCUT2D eigenvalue weighted by molar-refractivity contribution is 7.09. The standard InChI is InChI=1S/C18H22N4OS/c1-19-18(20-11-16-7-4-10-24-16)21-12-17(23)22-9-8-14-5-2-3-6-15(14)13-22/h2-7,10H,8-9,11-13H2,1H3,(H2,19,20,21). The van der Waals surface area contributed by atoms with E-state index >= 15 is 0 Å². The van der Waals surface area contributed by atoms with Crippen LogP contribution in [0.15, 0.2) is 46.8 Å². The van der Waals surface area contributed by atoms with Crippen molar-refractivity contribution in [2.75, 3.05) is 20.1 Å². The molecule has 0 radical (unpaired) electrons. The van der Waals surface area contributed by atoms with E-state index in [1.54, 1.807) is 18.4 Å². The molecule has 126 valence electrons. The first kappa shape index (κ1) is 16.5. The zero-order chi connectivity index (χ0) is 16.8. The third kappa shape index (κ3) is 4.14. The molecule has 0 bridgehead atoms. The van der Waals surface area contributed by atoms with Gasteiger partial charge >= 0.3 is 0 Å². The van der Waals surface area contributed by atoms with Gasteiger partial charge in [-0.1, -0.05) is 30.3 Å². The number of fused-ring (bicyclic) bond motifs is 1. The Morgan fingerprint density at radius 2 is 2.04 bits per heavy atom. The summed E-state index contributed by atoms with van der Waals surface area (Å²) in [6.45, 7) is 2.44. The molecule has 0 atom stereocenters. The minimum Gasteiger partial charge on any atom is -0.352 e. The van der Waals surface area contributed by atoms with E-state index in [9.17, 15) is 4.79 Å². The van der Waals surface area contributed by atoms with E-state index in [4.69, 9.17) is 0 Å². The maximum Gasteiger partial charge on any atom is 0.242 e. The van der Waals surface area contributed by atoms with E-state index in [0.717, 1.165) is 13.0 Å². The molecule has 0 saturated heterocycles. The molecule has 0 unspecified atom stereocenters. The van der Waals surface area contributed by atoms with Crippen molar-refractivity contribution < 1.29 is 4.79 Å². The number of benzene rings is 1. The molecule has 1 aliphatic heterocycles. The highest BCUT2D eigenvalue weighted by Gasteiger charge is 2.20. The van der Waals surface area contributed by atoms with Gasteiger partial charge in [0.2, 0.25) is 5.91 Å². The molecule has 3 rings (SSSR count). The molecule has 0 aliphatic carbocycles. The quantitative estimate of drug-likeness (QED) is 0.660. The Balaban J connectivity index is 1.48. The van der Waals surface area contributed by atoms with Crippen LogP contribution in [0.1, 0.15) is 16.0 Å². The number of hydrogen-bond donors (Lipinski definition) is 2. The first-order valence-corrected chi connectivity index (χ1v) is 8.95. The Kier molecular flexibility index (Phi) is 5.48. The number of nitrogens with zero attached hydrogens (tertiary/aromatic N) is 2. The summed E-state index contributed by atoms with van der Waals surface area (Å²) >= 11 is 1.70. The molecule has 0 spiro atoms. The van der Waals surface area contributed by atoms with Crippen LogP contribution in [0.3, 0.4) is 0 Å². The van der Waals surface area contributed by atoms with Crippen molar-refractivity contribution in [1.29, 1.82) is 0 Å². The van der Waals surface area contributed by atoms with Gasteiger partial charge < -0.3 is 15.5 Å². The van der Waals surface area contributed by atoms with E-state index in [2.05, 4.69) is 39.9 Å². The van der Waals surface area contributed by atoms with Gasteiger partial charge in [-0.25, -0.2) is 0 Å². The summed E-state index contributed by atoms with van der Waals surface area (Å²) < 4.78 is 0. The average molecular weight is 342 g/mol. The first-order valence-electron chi connectivity index (χ1n) is 8.07. The Morgan fingerprint density at radius 1 is 1.21 bits per heavy atom. The van der Waals surface area contributed by atoms with Crippen LogP contribution in [0.5, 0.6) is 0 Å². The minimum atomic E-state index is 0.101. The Morgan fingerprint density at radius 3 is 2.79 bits per heavy atom. The van der Waals surface area contributed by atoms with Crippen molar-refractivity contribution in [2.45, 2.75) is 19.5 Å². The van der Waals surface area contributed by atoms with Gasteiger partial charge in [-0.15, -0.1) is 11.3 Å². The predicted molar refractivity (Wildman–Crippen MR) is 98.1 cm³/mol. The fraction of sp³-hybridized carbons (Fsp3) is 0.333. The Bertz CT molecular complexity index is 712. The molecule has 1 aromatic carbocycles. The second-order valence-electron chi connectivity index (χ2n) is 5.69. The van der Waals surface area contributed by atoms with E-state index in [-0.39, 0.29) is 12.5 Å². The summed E-state index contributed by atoms with van der Waals surface area (Å²) in [5.74, 6) is 0.748. The number of thiophene rings is 1. The minimum absolute atomic E-state index is 0.101. The highest BCUT2D eigenvalue weighted by atomic mass is 32.1. The summed E-state index contributed by atoms with van der Waals surface area (Å²) in [5.41, 5.74) is 2.60. The molecule has 1 aliphatic rings. The van der Waals surface area contributed by atoms with E-state index in [0.29, 0.717) is 19.0 Å². The van der Waals surface area contributed by atoms with Crippen LogP contribution in [-0.4, -0.2) is 36.9 Å². The number of amides is 1. The van der Waals surface area contributed by atoms with Crippen LogP contribution in [0.2, 0.25) is 0 Å². The maximum atomic E-state index is 12.4. The number of guanidine groups is 1. The largest absolute Gasteiger partial charge is 0.352 e. The zero-order valence-electron chi connectivity index (χ0n) is 13.8. The molecule has 0 saturated carbocycles. The number of carbonyl (C=O) groups is 1. The second kappa shape index (κ2) is 7.97. The van der Waals surface area contributed by atoms with E-state index in [1.807, 2.05) is 22.4 Å². The van der Waals surface area contributed by atoms with Gasteiger partial charge in [-0.05, 0) is 29.0 Å². The van der Waals surface area contributed by atoms with Gasteiger partial charge in [0, 0.05) is 25.0 Å². The Hall–Kier alpha value is -2.34. The molecule has 24 heavy (non-hydrogen) atoms. The SMILES string of the molecule is CN=C(NCC(=O)N1CCc2ccccc2C1)NCc1cccs1. The van der Waals surface area contributed by atoms with Gasteiger partial charge in [-0.3, -0.25) is 9.79 Å². The number of nitrogens with one attached hydrogen (secondary N) is 2. The third-order valence-corrected chi connectivity index (χ3v) is 5.00. The van der Waals surface area contributed by atoms with Crippen molar-refractivity contribution in [3.05, 3.63) is 57.8 Å². The van der Waals surface area contributed by atoms with Crippen molar-refractivity contribution in [3.63, 3.8) is 0 Å². The molecule has 5 nitrogen and oxygen atoms in total. The van der Waals surface area contributed by atoms with Crippen LogP contribution >= 0.6 is 11.3 Å². The lowest BCUT2D eigenvalue weighted by atomic mass is 10.00. The van der Waals surface area contributed by atoms with Crippen molar-refractivity contribution in [2.24, 2.45) is 4.99 Å². The molecule has 1 amide bonds. The summed E-state index contributed by atoms with van der Waals surface area (Å²) in [6, 6.07) is 12.4. The molecule has 1 aromatic heterocycles. The van der Waals surface area contributed by atoms with Gasteiger partial charge in [0.25, 0.3) is 0 Å². The van der Waals surface area contributed by atoms with E-state index < -0.39 is 0 Å². The summed E-state index contributed by atoms with van der Waals surface area (Å²) in [6.07, 6.45) is 0.924. The van der Waals surface area contributed by atoms with Crippen LogP contribution in [0, 0.1) is 0 Å². The topological polar surface area (TPSA) is 56.7 Å². The monoisotopic (exact) mass is 342 g/mol. The normalized spacial score (nSPS) is 14.2. The summed E-state index contributed by atoms with van der Waals surface area (Å²) in [4.78, 5) is 19.8. The van der Waals surface area contributed by atoms with Gasteiger partial charge in [0.1, 0.15) is 0 Å². The number of hydrogen-bond acceptors (Lipinski definition) is 3. The molecule has 2 N–H and O–H groups in total. The van der Waals surface area contributed by atoms with Crippen molar-refractivity contribution >= 4 is 23.2 Å². The highest BCUT2D eigenvalue weighted by Crippen LogP contribution is 2.18. The summed E-state index contributed by atoms with van der Waals surface area (Å²) in [7, 11) is 1.71. The van der Waals surface area contributed by atoms with Crippen LogP contribution in [-0.2, 0) is 24.3 Å². The van der Waals surface area contributed by atoms with Crippen LogP contribution in [0.25, 0.3) is 0 Å².